The lowest BCUT2D eigenvalue weighted by Crippen LogP contribution is -2.46. The summed E-state index contributed by atoms with van der Waals surface area (Å²) in [6, 6.07) is -0.803. The number of rotatable bonds is 27. The van der Waals surface area contributed by atoms with Crippen LogP contribution >= 0.6 is 7.82 Å². The molecule has 0 spiro atoms. The van der Waals surface area contributed by atoms with E-state index in [1.54, 1.807) is 0 Å². The number of aliphatic hydroxyl groups is 1. The predicted octanol–water partition coefficient (Wildman–Crippen LogP) is 6.60. The molecule has 0 aliphatic rings. The van der Waals surface area contributed by atoms with E-state index < -0.39 is 20.0 Å². The average molecular weight is 601 g/mol. The minimum Gasteiger partial charge on any atom is -0.756 e. The SMILES string of the molecule is CC/C=C\C/C=C\C/C=C\CCCCCCCC(=O)NC(COP(=O)([O-])OCC[N+](C)(C)C)C(O)CCCCCC. The van der Waals surface area contributed by atoms with Gasteiger partial charge in [0.15, 0.2) is 0 Å². The lowest BCUT2D eigenvalue weighted by Gasteiger charge is -2.30. The molecule has 0 bridgehead atoms. The second kappa shape index (κ2) is 25.2. The number of nitrogens with one attached hydrogen (secondary N) is 1. The Labute approximate surface area is 251 Å². The molecule has 41 heavy (non-hydrogen) atoms. The molecule has 0 aliphatic carbocycles. The van der Waals surface area contributed by atoms with Gasteiger partial charge in [0.2, 0.25) is 5.91 Å². The van der Waals surface area contributed by atoms with Crippen molar-refractivity contribution in [2.24, 2.45) is 0 Å². The monoisotopic (exact) mass is 600 g/mol. The number of carbonyl (C=O) groups excluding carboxylic acids is 1. The molecular formula is C32H61N2O6P. The number of hydrogen-bond donors (Lipinski definition) is 2. The van der Waals surface area contributed by atoms with E-state index in [-0.39, 0.29) is 19.1 Å². The van der Waals surface area contributed by atoms with Crippen molar-refractivity contribution in [2.75, 3.05) is 40.9 Å². The van der Waals surface area contributed by atoms with Crippen molar-refractivity contribution < 1.29 is 32.9 Å². The molecule has 0 aromatic carbocycles. The molecule has 1 amide bonds. The number of phosphoric acid groups is 1. The Balaban J connectivity index is 4.38. The summed E-state index contributed by atoms with van der Waals surface area (Å²) in [5, 5.41) is 13.5. The predicted molar refractivity (Wildman–Crippen MR) is 168 cm³/mol. The Kier molecular flexibility index (Phi) is 24.5. The molecule has 0 aromatic heterocycles. The van der Waals surface area contributed by atoms with Crippen LogP contribution in [0.5, 0.6) is 0 Å². The van der Waals surface area contributed by atoms with Crippen molar-refractivity contribution in [3.8, 4) is 0 Å². The topological polar surface area (TPSA) is 108 Å². The molecule has 0 fully saturated rings. The first-order chi connectivity index (χ1) is 19.5. The minimum absolute atomic E-state index is 0.00566. The van der Waals surface area contributed by atoms with Crippen LogP contribution in [-0.4, -0.2) is 68.5 Å². The van der Waals surface area contributed by atoms with Crippen LogP contribution < -0.4 is 10.2 Å². The zero-order chi connectivity index (χ0) is 30.8. The Bertz CT molecular complexity index is 779. The van der Waals surface area contributed by atoms with Crippen molar-refractivity contribution in [3.63, 3.8) is 0 Å². The molecule has 0 rings (SSSR count). The molecule has 3 atom stereocenters. The van der Waals surface area contributed by atoms with Crippen LogP contribution in [0, 0.1) is 0 Å². The highest BCUT2D eigenvalue weighted by molar-refractivity contribution is 7.45. The minimum atomic E-state index is -4.54. The summed E-state index contributed by atoms with van der Waals surface area (Å²) in [7, 11) is 1.27. The van der Waals surface area contributed by atoms with Crippen molar-refractivity contribution in [1.29, 1.82) is 0 Å². The standard InChI is InChI=1S/C32H61N2O6P/c1-6-8-10-12-13-14-15-16-17-18-19-20-21-22-24-26-32(36)33-30(31(35)25-23-11-9-7-2)29-40-41(37,38)39-28-27-34(3,4)5/h8,10,13-14,16-17,30-31,35H,6-7,9,11-12,15,18-29H2,1-5H3,(H-,33,36,37,38)/b10-8-,14-13-,17-16-. The van der Waals surface area contributed by atoms with Gasteiger partial charge in [-0.15, -0.1) is 0 Å². The van der Waals surface area contributed by atoms with E-state index in [4.69, 9.17) is 9.05 Å². The third-order valence-corrected chi connectivity index (χ3v) is 7.61. The number of amides is 1. The maximum absolute atomic E-state index is 12.6. The molecule has 0 aliphatic heterocycles. The van der Waals surface area contributed by atoms with E-state index in [9.17, 15) is 19.4 Å². The van der Waals surface area contributed by atoms with E-state index in [1.165, 1.54) is 0 Å². The number of nitrogens with zero attached hydrogens (tertiary/aromatic N) is 1. The number of quaternary nitrogens is 1. The van der Waals surface area contributed by atoms with Gasteiger partial charge in [0.05, 0.1) is 39.9 Å². The first-order valence-corrected chi connectivity index (χ1v) is 17.3. The van der Waals surface area contributed by atoms with Crippen molar-refractivity contribution in [2.45, 2.75) is 122 Å². The first-order valence-electron chi connectivity index (χ1n) is 15.8. The zero-order valence-corrected chi connectivity index (χ0v) is 27.6. The molecule has 0 heterocycles. The van der Waals surface area contributed by atoms with Crippen molar-refractivity contribution >= 4 is 13.7 Å². The largest absolute Gasteiger partial charge is 0.756 e. The van der Waals surface area contributed by atoms with Crippen LogP contribution in [0.1, 0.15) is 110 Å². The Hall–Kier alpha value is -1.28. The Morgan fingerprint density at radius 3 is 2.15 bits per heavy atom. The van der Waals surface area contributed by atoms with Crippen LogP contribution in [0.25, 0.3) is 0 Å². The third kappa shape index (κ3) is 27.3. The smallest absolute Gasteiger partial charge is 0.268 e. The van der Waals surface area contributed by atoms with Crippen LogP contribution in [0.15, 0.2) is 36.5 Å². The van der Waals surface area contributed by atoms with E-state index in [1.807, 2.05) is 21.1 Å². The Morgan fingerprint density at radius 2 is 1.49 bits per heavy atom. The van der Waals surface area contributed by atoms with Gasteiger partial charge in [0, 0.05) is 6.42 Å². The highest BCUT2D eigenvalue weighted by atomic mass is 31.2. The summed E-state index contributed by atoms with van der Waals surface area (Å²) in [4.78, 5) is 24.8. The maximum atomic E-state index is 12.6. The summed E-state index contributed by atoms with van der Waals surface area (Å²) in [5.74, 6) is -0.195. The molecule has 3 unspecified atom stereocenters. The molecule has 9 heteroatoms. The average Bonchev–Trinajstić information content (AvgIpc) is 2.90. The number of carbonyl (C=O) groups is 1. The van der Waals surface area contributed by atoms with Crippen LogP contribution in [0.2, 0.25) is 0 Å². The zero-order valence-electron chi connectivity index (χ0n) is 26.7. The van der Waals surface area contributed by atoms with E-state index >= 15 is 0 Å². The lowest BCUT2D eigenvalue weighted by atomic mass is 10.0. The number of unbranched alkanes of at least 4 members (excludes halogenated alkanes) is 8. The fourth-order valence-electron chi connectivity index (χ4n) is 4.05. The molecule has 2 N–H and O–H groups in total. The summed E-state index contributed by atoms with van der Waals surface area (Å²) >= 11 is 0. The van der Waals surface area contributed by atoms with Gasteiger partial charge < -0.3 is 28.8 Å². The van der Waals surface area contributed by atoms with Crippen molar-refractivity contribution in [3.05, 3.63) is 36.5 Å². The summed E-state index contributed by atoms with van der Waals surface area (Å²) in [6.45, 7) is 4.42. The first kappa shape index (κ1) is 39.7. The molecular weight excluding hydrogens is 539 g/mol. The van der Waals surface area contributed by atoms with Gasteiger partial charge in [-0.3, -0.25) is 9.36 Å². The normalized spacial score (nSPS) is 15.6. The molecule has 0 saturated carbocycles. The highest BCUT2D eigenvalue weighted by Crippen LogP contribution is 2.38. The molecule has 0 saturated heterocycles. The molecule has 240 valence electrons. The maximum Gasteiger partial charge on any atom is 0.268 e. The van der Waals surface area contributed by atoms with Gasteiger partial charge in [0.1, 0.15) is 13.2 Å². The van der Waals surface area contributed by atoms with Crippen LogP contribution in [0.4, 0.5) is 0 Å². The summed E-state index contributed by atoms with van der Waals surface area (Å²) < 4.78 is 22.8. The van der Waals surface area contributed by atoms with Gasteiger partial charge in [-0.2, -0.15) is 0 Å². The van der Waals surface area contributed by atoms with Crippen LogP contribution in [0.3, 0.4) is 0 Å². The lowest BCUT2D eigenvalue weighted by molar-refractivity contribution is -0.870. The van der Waals surface area contributed by atoms with Gasteiger partial charge in [-0.25, -0.2) is 0 Å². The third-order valence-electron chi connectivity index (χ3n) is 6.64. The molecule has 0 radical (unpaired) electrons. The second-order valence-electron chi connectivity index (χ2n) is 11.8. The number of phosphoric ester groups is 1. The summed E-state index contributed by atoms with van der Waals surface area (Å²) in [6.07, 6.45) is 26.3. The molecule has 8 nitrogen and oxygen atoms in total. The van der Waals surface area contributed by atoms with E-state index in [0.29, 0.717) is 23.9 Å². The fraction of sp³-hybridized carbons (Fsp3) is 0.781. The van der Waals surface area contributed by atoms with Crippen molar-refractivity contribution in [1.82, 2.24) is 5.32 Å². The fourth-order valence-corrected chi connectivity index (χ4v) is 4.77. The van der Waals surface area contributed by atoms with E-state index in [2.05, 4.69) is 55.6 Å². The highest BCUT2D eigenvalue weighted by Gasteiger charge is 2.24. The van der Waals surface area contributed by atoms with Gasteiger partial charge in [0.25, 0.3) is 7.82 Å². The van der Waals surface area contributed by atoms with E-state index in [0.717, 1.165) is 83.5 Å². The molecule has 0 aromatic rings. The summed E-state index contributed by atoms with van der Waals surface area (Å²) in [5.41, 5.74) is 0. The van der Waals surface area contributed by atoms with Gasteiger partial charge >= 0.3 is 0 Å². The number of hydrogen-bond acceptors (Lipinski definition) is 6. The Morgan fingerprint density at radius 1 is 0.878 bits per heavy atom. The number of likely N-dealkylation sites (N-methyl/N-ethyl adjacent to an activating group) is 1. The number of allylic oxidation sites excluding steroid dienone is 6. The second-order valence-corrected chi connectivity index (χ2v) is 13.2. The quantitative estimate of drug-likeness (QED) is 0.0476. The van der Waals surface area contributed by atoms with Gasteiger partial charge in [-0.1, -0.05) is 95.2 Å². The number of aliphatic hydroxyl groups excluding tert-OH is 1. The van der Waals surface area contributed by atoms with Crippen LogP contribution in [-0.2, 0) is 18.4 Å². The van der Waals surface area contributed by atoms with Gasteiger partial charge in [-0.05, 0) is 44.9 Å².